The third-order valence-corrected chi connectivity index (χ3v) is 17.4. The van der Waals surface area contributed by atoms with Crippen molar-refractivity contribution in [3.8, 4) is 0 Å². The number of piperidine rings is 1. The summed E-state index contributed by atoms with van der Waals surface area (Å²) in [7, 11) is -1.32. The van der Waals surface area contributed by atoms with Gasteiger partial charge in [0.25, 0.3) is 0 Å². The molecule has 4 heterocycles. The average Bonchev–Trinajstić information content (AvgIpc) is 3.27. The van der Waals surface area contributed by atoms with Crippen LogP contribution >= 0.6 is 15.9 Å². The van der Waals surface area contributed by atoms with Crippen molar-refractivity contribution >= 4 is 37.8 Å². The van der Waals surface area contributed by atoms with Crippen LogP contribution in [-0.4, -0.2) is 179 Å². The third kappa shape index (κ3) is 12.9. The number of methoxy groups -OCH3 is 1. The molecule has 0 saturated carbocycles. The number of anilines is 1. The van der Waals surface area contributed by atoms with Gasteiger partial charge in [0.1, 0.15) is 35.1 Å². The fraction of sp³-hybridized carbons (Fsp3) is 0.854. The molecule has 0 radical (unpaired) electrons. The van der Waals surface area contributed by atoms with E-state index >= 15 is 0 Å². The van der Waals surface area contributed by atoms with Gasteiger partial charge in [-0.15, -0.1) is 0 Å². The van der Waals surface area contributed by atoms with Gasteiger partial charge in [0, 0.05) is 49.2 Å². The standard InChI is InChI=1S/C48H83BrN4O14S/c1-13-37-47(10,58)41(55)32(6)50-26-28(2)24-45(8,57)42(67-44-39(54)36(23-29(3)63-44)52(11)68(60,61)51-35-19-17-34(49)18-20-35)30(4)40(31(5)43(56)65-37)66-38-25-46(9,62-12)48(59,33(7)64-38)27-53-21-15-14-16-22-53/h17-20,28-33,36-42,44,50-51,54-55,57-59H,13-16,21-27H2,1-12H3/t28-,29+,30+,31-,32-,33+,36-,37-,38+,39+,40+,41-,42-,44-,45-,46-,47-,48+/m1/s1. The molecular formula is C48H83BrN4O14S. The second kappa shape index (κ2) is 23.1. The Morgan fingerprint density at radius 2 is 1.59 bits per heavy atom. The van der Waals surface area contributed by atoms with Gasteiger partial charge < -0.3 is 64.2 Å². The number of ether oxygens (including phenoxy) is 6. The molecule has 1 aromatic rings. The zero-order chi connectivity index (χ0) is 50.7. The number of nitrogens with one attached hydrogen (secondary N) is 2. The van der Waals surface area contributed by atoms with Crippen LogP contribution in [0.2, 0.25) is 0 Å². The summed E-state index contributed by atoms with van der Waals surface area (Å²) in [5.41, 5.74) is -5.95. The minimum absolute atomic E-state index is 0.0446. The molecule has 4 saturated heterocycles. The first-order valence-corrected chi connectivity index (χ1v) is 26.7. The number of halogens is 1. The van der Waals surface area contributed by atoms with Crippen LogP contribution < -0.4 is 10.0 Å². The topological polar surface area (TPSA) is 238 Å². The third-order valence-electron chi connectivity index (χ3n) is 15.4. The van der Waals surface area contributed by atoms with E-state index in [0.717, 1.165) is 41.1 Å². The zero-order valence-corrected chi connectivity index (χ0v) is 44.7. The molecule has 0 aromatic heterocycles. The van der Waals surface area contributed by atoms with Crippen molar-refractivity contribution in [3.05, 3.63) is 28.7 Å². The molecule has 18 atom stereocenters. The van der Waals surface area contributed by atoms with E-state index in [-0.39, 0.29) is 38.1 Å². The summed E-state index contributed by atoms with van der Waals surface area (Å²) in [6, 6.07) is 4.90. The number of β-amino-alcohol motifs (C(OH)–C–C–N with tert-alkyl or cyclic N) is 1. The molecule has 5 rings (SSSR count). The van der Waals surface area contributed by atoms with Crippen molar-refractivity contribution < 1.29 is 67.2 Å². The number of benzene rings is 1. The van der Waals surface area contributed by atoms with Crippen LogP contribution in [0.5, 0.6) is 0 Å². The molecule has 0 spiro atoms. The smallest absolute Gasteiger partial charge is 0.311 e. The first kappa shape index (κ1) is 57.3. The molecule has 4 fully saturated rings. The number of hydrogen-bond acceptors (Lipinski definition) is 16. The fourth-order valence-corrected chi connectivity index (χ4v) is 12.3. The summed E-state index contributed by atoms with van der Waals surface area (Å²) >= 11 is 3.37. The van der Waals surface area contributed by atoms with E-state index in [2.05, 4.69) is 30.9 Å². The highest BCUT2D eigenvalue weighted by Crippen LogP contribution is 2.44. The molecule has 0 unspecified atom stereocenters. The van der Waals surface area contributed by atoms with Crippen molar-refractivity contribution in [1.82, 2.24) is 14.5 Å². The fourth-order valence-electron chi connectivity index (χ4n) is 10.9. The van der Waals surface area contributed by atoms with Gasteiger partial charge in [-0.05, 0) is 130 Å². The Labute approximate surface area is 413 Å². The van der Waals surface area contributed by atoms with Crippen molar-refractivity contribution in [2.24, 2.45) is 17.8 Å². The van der Waals surface area contributed by atoms with Crippen LogP contribution in [0.3, 0.4) is 0 Å². The molecular weight excluding hydrogens is 969 g/mol. The quantitative estimate of drug-likeness (QED) is 0.147. The van der Waals surface area contributed by atoms with Crippen LogP contribution in [0.15, 0.2) is 28.7 Å². The maximum atomic E-state index is 14.6. The molecule has 0 amide bonds. The van der Waals surface area contributed by atoms with Crippen molar-refractivity contribution in [3.63, 3.8) is 0 Å². The highest BCUT2D eigenvalue weighted by Gasteiger charge is 2.59. The maximum absolute atomic E-state index is 14.6. The molecule has 4 aliphatic heterocycles. The van der Waals surface area contributed by atoms with Crippen LogP contribution in [0.25, 0.3) is 0 Å². The van der Waals surface area contributed by atoms with Gasteiger partial charge in [-0.2, -0.15) is 12.7 Å². The lowest BCUT2D eigenvalue weighted by Gasteiger charge is -2.55. The van der Waals surface area contributed by atoms with Gasteiger partial charge in [0.2, 0.25) is 0 Å². The van der Waals surface area contributed by atoms with Gasteiger partial charge in [-0.3, -0.25) is 9.52 Å². The van der Waals surface area contributed by atoms with E-state index in [1.807, 2.05) is 13.8 Å². The molecule has 7 N–H and O–H groups in total. The predicted octanol–water partition coefficient (Wildman–Crippen LogP) is 3.90. The molecule has 4 aliphatic rings. The van der Waals surface area contributed by atoms with Crippen LogP contribution in [-0.2, 0) is 43.4 Å². The highest BCUT2D eigenvalue weighted by atomic mass is 79.9. The van der Waals surface area contributed by atoms with Crippen molar-refractivity contribution in [2.45, 2.75) is 204 Å². The number of aliphatic hydroxyl groups excluding tert-OH is 2. The monoisotopic (exact) mass is 1050 g/mol. The number of nitrogens with zero attached hydrogens (tertiary/aromatic N) is 2. The highest BCUT2D eigenvalue weighted by molar-refractivity contribution is 9.10. The van der Waals surface area contributed by atoms with Crippen molar-refractivity contribution in [2.75, 3.05) is 45.1 Å². The number of likely N-dealkylation sites (tertiary alicyclic amines) is 1. The van der Waals surface area contributed by atoms with Crippen LogP contribution in [0, 0.1) is 17.8 Å². The number of rotatable bonds is 12. The first-order chi connectivity index (χ1) is 31.6. The van der Waals surface area contributed by atoms with E-state index in [0.29, 0.717) is 12.2 Å². The number of likely N-dealkylation sites (N-methyl/N-ethyl adjacent to an activating group) is 1. The molecule has 0 bridgehead atoms. The van der Waals surface area contributed by atoms with Crippen molar-refractivity contribution in [1.29, 1.82) is 0 Å². The van der Waals surface area contributed by atoms with E-state index in [1.54, 1.807) is 72.7 Å². The molecule has 1 aromatic carbocycles. The largest absolute Gasteiger partial charge is 0.459 e. The SMILES string of the molecule is CC[C@H]1OC(=O)[C@H](C)[C@@H](O[C@H]2C[C@@](C)(OC)[C@](O)(CN3CCCCC3)[C@H](C)O2)[C@H](C)[C@@H](O[C@H]2O[C@@H](C)C[C@@H](N(C)S(=O)(=O)Nc3ccc(Br)cc3)[C@@H]2O)[C@](C)(O)C[C@@H](C)CN[C@H](C)[C@@H](O)[C@]1(C)O. The van der Waals surface area contributed by atoms with E-state index < -0.39 is 118 Å². The maximum Gasteiger partial charge on any atom is 0.311 e. The second-order valence-electron chi connectivity index (χ2n) is 21.0. The molecule has 20 heteroatoms. The number of aliphatic hydroxyl groups is 5. The Morgan fingerprint density at radius 1 is 0.956 bits per heavy atom. The number of carbonyl (C=O) groups is 1. The Hall–Kier alpha value is -1.60. The number of hydrogen-bond donors (Lipinski definition) is 7. The minimum atomic E-state index is -4.22. The lowest BCUT2D eigenvalue weighted by Crippen LogP contribution is -2.70. The lowest BCUT2D eigenvalue weighted by molar-refractivity contribution is -0.339. The molecule has 68 heavy (non-hydrogen) atoms. The zero-order valence-electron chi connectivity index (χ0n) is 42.3. The summed E-state index contributed by atoms with van der Waals surface area (Å²) in [6.07, 6.45) is -6.93. The van der Waals surface area contributed by atoms with Gasteiger partial charge >= 0.3 is 16.2 Å². The Kier molecular flexibility index (Phi) is 19.5. The first-order valence-electron chi connectivity index (χ1n) is 24.5. The molecule has 392 valence electrons. The summed E-state index contributed by atoms with van der Waals surface area (Å²) < 4.78 is 70.8. The summed E-state index contributed by atoms with van der Waals surface area (Å²) in [6.45, 7) is 19.3. The number of esters is 1. The minimum Gasteiger partial charge on any atom is -0.459 e. The van der Waals surface area contributed by atoms with Gasteiger partial charge in [-0.25, -0.2) is 0 Å². The Balaban J connectivity index is 1.55. The van der Waals surface area contributed by atoms with Crippen LogP contribution in [0.4, 0.5) is 5.69 Å². The van der Waals surface area contributed by atoms with Gasteiger partial charge in [0.05, 0.1) is 42.0 Å². The van der Waals surface area contributed by atoms with Gasteiger partial charge in [-0.1, -0.05) is 43.1 Å². The summed E-state index contributed by atoms with van der Waals surface area (Å²) in [5.74, 6) is -3.12. The van der Waals surface area contributed by atoms with E-state index in [9.17, 15) is 38.7 Å². The van der Waals surface area contributed by atoms with E-state index in [4.69, 9.17) is 28.4 Å². The normalized spacial score (nSPS) is 43.3. The van der Waals surface area contributed by atoms with Gasteiger partial charge in [0.15, 0.2) is 12.6 Å². The summed E-state index contributed by atoms with van der Waals surface area (Å²) in [4.78, 5) is 16.8. The Morgan fingerprint density at radius 3 is 2.19 bits per heavy atom. The summed E-state index contributed by atoms with van der Waals surface area (Å²) in [5, 5.41) is 63.9. The molecule has 18 nitrogen and oxygen atoms in total. The average molecular weight is 1050 g/mol. The predicted molar refractivity (Wildman–Crippen MR) is 260 cm³/mol. The second-order valence-corrected chi connectivity index (χ2v) is 23.7. The number of cyclic esters (lactones) is 1. The molecule has 0 aliphatic carbocycles. The van der Waals surface area contributed by atoms with E-state index in [1.165, 1.54) is 21.1 Å². The van der Waals surface area contributed by atoms with Crippen LogP contribution in [0.1, 0.15) is 114 Å². The number of carbonyl (C=O) groups excluding carboxylic acids is 1. The Bertz CT molecular complexity index is 1900. The lowest BCUT2D eigenvalue weighted by atomic mass is 9.74.